The highest BCUT2D eigenvalue weighted by molar-refractivity contribution is 5.77. The normalized spacial score (nSPS) is 42.0. The molecule has 0 aromatic rings. The van der Waals surface area contributed by atoms with Crippen molar-refractivity contribution >= 4 is 11.9 Å². The third-order valence-corrected chi connectivity index (χ3v) is 7.86. The van der Waals surface area contributed by atoms with Gasteiger partial charge < -0.3 is 10.2 Å². The third kappa shape index (κ3) is 2.73. The molecule has 2 N–H and O–H groups in total. The maximum Gasteiger partial charge on any atom is 0.310 e. The van der Waals surface area contributed by atoms with Crippen molar-refractivity contribution in [3.05, 3.63) is 24.3 Å². The largest absolute Gasteiger partial charge is 0.481 e. The highest BCUT2D eigenvalue weighted by atomic mass is 16.4. The standard InChI is InChI=1S/C22H30O4/c23-19(24)21(13-15-5-7-17(21)11-15)9-3-1-2-4-10-22(20(25)26)14-16-6-8-18(22)12-16/h5-8,15-18H,1-4,9-14H2,(H,23,24)(H,25,26). The molecular formula is C22H30O4. The van der Waals surface area contributed by atoms with E-state index < -0.39 is 22.8 Å². The van der Waals surface area contributed by atoms with Gasteiger partial charge in [-0.2, -0.15) is 0 Å². The molecule has 142 valence electrons. The summed E-state index contributed by atoms with van der Waals surface area (Å²) in [5.74, 6) is 0.151. The van der Waals surface area contributed by atoms with Crippen LogP contribution in [0.25, 0.3) is 0 Å². The van der Waals surface area contributed by atoms with Crippen molar-refractivity contribution in [3.63, 3.8) is 0 Å². The molecule has 26 heavy (non-hydrogen) atoms. The molecule has 4 rings (SSSR count). The molecule has 6 atom stereocenters. The van der Waals surface area contributed by atoms with E-state index in [2.05, 4.69) is 24.3 Å². The Morgan fingerprint density at radius 3 is 1.42 bits per heavy atom. The molecule has 0 amide bonds. The van der Waals surface area contributed by atoms with Gasteiger partial charge in [0.1, 0.15) is 0 Å². The zero-order valence-electron chi connectivity index (χ0n) is 15.4. The number of aliphatic carboxylic acids is 2. The Bertz CT molecular complexity index is 595. The van der Waals surface area contributed by atoms with Crippen LogP contribution in [0.4, 0.5) is 0 Å². The van der Waals surface area contributed by atoms with Gasteiger partial charge in [-0.15, -0.1) is 0 Å². The van der Waals surface area contributed by atoms with Crippen LogP contribution in [0.1, 0.15) is 64.2 Å². The smallest absolute Gasteiger partial charge is 0.310 e. The number of rotatable bonds is 9. The average molecular weight is 358 g/mol. The lowest BCUT2D eigenvalue weighted by atomic mass is 9.71. The minimum Gasteiger partial charge on any atom is -0.481 e. The van der Waals surface area contributed by atoms with Gasteiger partial charge in [0.05, 0.1) is 10.8 Å². The summed E-state index contributed by atoms with van der Waals surface area (Å²) in [6, 6.07) is 0. The van der Waals surface area contributed by atoms with E-state index >= 15 is 0 Å². The molecule has 2 fully saturated rings. The quantitative estimate of drug-likeness (QED) is 0.464. The summed E-state index contributed by atoms with van der Waals surface area (Å²) in [5, 5.41) is 19.6. The topological polar surface area (TPSA) is 74.6 Å². The maximum absolute atomic E-state index is 11.9. The van der Waals surface area contributed by atoms with Gasteiger partial charge in [-0.1, -0.05) is 50.0 Å². The summed E-state index contributed by atoms with van der Waals surface area (Å²) in [5.41, 5.74) is -1.06. The van der Waals surface area contributed by atoms with Gasteiger partial charge in [0.15, 0.2) is 0 Å². The summed E-state index contributed by atoms with van der Waals surface area (Å²) in [6.45, 7) is 0. The van der Waals surface area contributed by atoms with Crippen LogP contribution in [-0.2, 0) is 9.59 Å². The first-order valence-electron chi connectivity index (χ1n) is 10.3. The van der Waals surface area contributed by atoms with Gasteiger partial charge >= 0.3 is 11.9 Å². The van der Waals surface area contributed by atoms with Crippen LogP contribution in [0.3, 0.4) is 0 Å². The van der Waals surface area contributed by atoms with Crippen molar-refractivity contribution < 1.29 is 19.8 Å². The van der Waals surface area contributed by atoms with Crippen molar-refractivity contribution in [1.29, 1.82) is 0 Å². The van der Waals surface area contributed by atoms with Crippen LogP contribution in [-0.4, -0.2) is 22.2 Å². The van der Waals surface area contributed by atoms with E-state index in [0.29, 0.717) is 11.8 Å². The van der Waals surface area contributed by atoms with Crippen molar-refractivity contribution in [1.82, 2.24) is 0 Å². The van der Waals surface area contributed by atoms with Crippen LogP contribution in [0, 0.1) is 34.5 Å². The van der Waals surface area contributed by atoms with Crippen molar-refractivity contribution in [2.45, 2.75) is 64.2 Å². The average Bonchev–Trinajstić information content (AvgIpc) is 3.37. The van der Waals surface area contributed by atoms with Crippen molar-refractivity contribution in [3.8, 4) is 0 Å². The van der Waals surface area contributed by atoms with E-state index in [0.717, 1.165) is 64.2 Å². The molecule has 6 unspecified atom stereocenters. The second-order valence-electron chi connectivity index (χ2n) is 9.22. The molecule has 4 aliphatic rings. The highest BCUT2D eigenvalue weighted by Crippen LogP contribution is 2.56. The summed E-state index contributed by atoms with van der Waals surface area (Å²) < 4.78 is 0. The third-order valence-electron chi connectivity index (χ3n) is 7.86. The van der Waals surface area contributed by atoms with Crippen molar-refractivity contribution in [2.24, 2.45) is 34.5 Å². The van der Waals surface area contributed by atoms with Crippen LogP contribution in [0.2, 0.25) is 0 Å². The van der Waals surface area contributed by atoms with Gasteiger partial charge in [0.2, 0.25) is 0 Å². The number of carboxylic acids is 2. The summed E-state index contributed by atoms with van der Waals surface area (Å²) in [6.07, 6.45) is 17.7. The molecular weight excluding hydrogens is 328 g/mol. The summed E-state index contributed by atoms with van der Waals surface area (Å²) in [7, 11) is 0. The van der Waals surface area contributed by atoms with Crippen LogP contribution < -0.4 is 0 Å². The molecule has 0 aliphatic heterocycles. The van der Waals surface area contributed by atoms with Gasteiger partial charge in [0, 0.05) is 0 Å². The molecule has 2 saturated carbocycles. The predicted octanol–water partition coefficient (Wildman–Crippen LogP) is 4.66. The number of carbonyl (C=O) groups is 2. The Balaban J connectivity index is 1.23. The number of unbranched alkanes of at least 4 members (excludes halogenated alkanes) is 3. The van der Waals surface area contributed by atoms with Gasteiger partial charge in [0.25, 0.3) is 0 Å². The monoisotopic (exact) mass is 358 g/mol. The van der Waals surface area contributed by atoms with Gasteiger partial charge in [-0.05, 0) is 62.2 Å². The van der Waals surface area contributed by atoms with Crippen LogP contribution in [0.5, 0.6) is 0 Å². The predicted molar refractivity (Wildman–Crippen MR) is 98.5 cm³/mol. The zero-order chi connectivity index (χ0) is 18.4. The lowest BCUT2D eigenvalue weighted by Gasteiger charge is -2.32. The van der Waals surface area contributed by atoms with E-state index in [1.165, 1.54) is 0 Å². The fraction of sp³-hybridized carbons (Fsp3) is 0.727. The first-order valence-corrected chi connectivity index (χ1v) is 10.3. The van der Waals surface area contributed by atoms with E-state index in [4.69, 9.17) is 0 Å². The molecule has 0 saturated heterocycles. The molecule has 0 spiro atoms. The summed E-state index contributed by atoms with van der Waals surface area (Å²) in [4.78, 5) is 23.8. The molecule has 4 nitrogen and oxygen atoms in total. The molecule has 0 heterocycles. The SMILES string of the molecule is O=C(O)C1(CCCCCCC2(C(=O)O)CC3C=CC2C3)CC2C=CC1C2. The Kier molecular flexibility index (Phi) is 4.48. The zero-order valence-corrected chi connectivity index (χ0v) is 15.4. The second kappa shape index (κ2) is 6.54. The number of carboxylic acid groups (broad SMARTS) is 2. The van der Waals surface area contributed by atoms with Gasteiger partial charge in [-0.3, -0.25) is 9.59 Å². The lowest BCUT2D eigenvalue weighted by molar-refractivity contribution is -0.152. The highest BCUT2D eigenvalue weighted by Gasteiger charge is 2.54. The van der Waals surface area contributed by atoms with E-state index in [9.17, 15) is 19.8 Å². The van der Waals surface area contributed by atoms with E-state index in [-0.39, 0.29) is 11.8 Å². The number of allylic oxidation sites excluding steroid dienone is 4. The first kappa shape index (κ1) is 17.8. The maximum atomic E-state index is 11.9. The molecule has 0 aromatic heterocycles. The molecule has 4 heteroatoms. The lowest BCUT2D eigenvalue weighted by Crippen LogP contribution is -2.35. The Morgan fingerprint density at radius 2 is 1.15 bits per heavy atom. The second-order valence-corrected chi connectivity index (χ2v) is 9.22. The van der Waals surface area contributed by atoms with E-state index in [1.807, 2.05) is 0 Å². The fourth-order valence-electron chi connectivity index (χ4n) is 6.42. The molecule has 4 bridgehead atoms. The van der Waals surface area contributed by atoms with E-state index in [1.54, 1.807) is 0 Å². The number of hydrogen-bond donors (Lipinski definition) is 2. The minimum atomic E-state index is -0.618. The number of hydrogen-bond acceptors (Lipinski definition) is 2. The Hall–Kier alpha value is -1.58. The van der Waals surface area contributed by atoms with Crippen molar-refractivity contribution in [2.75, 3.05) is 0 Å². The fourth-order valence-corrected chi connectivity index (χ4v) is 6.42. The van der Waals surface area contributed by atoms with Crippen LogP contribution >= 0.6 is 0 Å². The molecule has 0 radical (unpaired) electrons. The Labute approximate surface area is 155 Å². The first-order chi connectivity index (χ1) is 12.5. The molecule has 0 aromatic carbocycles. The Morgan fingerprint density at radius 1 is 0.731 bits per heavy atom. The number of fused-ring (bicyclic) bond motifs is 4. The molecule has 4 aliphatic carbocycles. The minimum absolute atomic E-state index is 0.223. The summed E-state index contributed by atoms with van der Waals surface area (Å²) >= 11 is 0. The van der Waals surface area contributed by atoms with Gasteiger partial charge in [-0.25, -0.2) is 0 Å². The van der Waals surface area contributed by atoms with Crippen LogP contribution in [0.15, 0.2) is 24.3 Å².